The number of anilines is 1. The van der Waals surface area contributed by atoms with E-state index in [-0.39, 0.29) is 33.3 Å². The molecule has 166 valence electrons. The number of carbonyl (C=O) groups is 3. The first-order chi connectivity index (χ1) is 14.6. The molecule has 0 bridgehead atoms. The molecule has 3 N–H and O–H groups in total. The number of rotatable bonds is 7. The van der Waals surface area contributed by atoms with E-state index in [0.29, 0.717) is 17.7 Å². The van der Waals surface area contributed by atoms with E-state index in [1.807, 2.05) is 0 Å². The van der Waals surface area contributed by atoms with Crippen molar-refractivity contribution in [2.75, 3.05) is 23.4 Å². The van der Waals surface area contributed by atoms with Crippen molar-refractivity contribution < 1.29 is 27.5 Å². The number of hydrogen-bond acceptors (Lipinski definition) is 8. The Balaban J connectivity index is 1.58. The molecule has 1 aliphatic heterocycles. The number of ether oxygens (including phenoxy) is 1. The highest BCUT2D eigenvalue weighted by molar-refractivity contribution is 7.91. The zero-order chi connectivity index (χ0) is 22.8. The van der Waals surface area contributed by atoms with E-state index in [2.05, 4.69) is 10.4 Å². The molecule has 1 aliphatic rings. The number of nitrogens with one attached hydrogen (secondary N) is 1. The first-order valence-corrected chi connectivity index (χ1v) is 12.1. The van der Waals surface area contributed by atoms with E-state index in [4.69, 9.17) is 22.1 Å². The molecule has 10 nitrogen and oxygen atoms in total. The molecular weight excluding hydrogens is 468 g/mol. The van der Waals surface area contributed by atoms with Gasteiger partial charge in [-0.2, -0.15) is 5.10 Å². The largest absolute Gasteiger partial charge is 0.452 e. The highest BCUT2D eigenvalue weighted by atomic mass is 35.5. The molecule has 2 aromatic rings. The van der Waals surface area contributed by atoms with Gasteiger partial charge in [0.1, 0.15) is 10.2 Å². The molecule has 2 amide bonds. The number of carbonyl (C=O) groups excluding carboxylic acids is 3. The van der Waals surface area contributed by atoms with Gasteiger partial charge in [0.15, 0.2) is 16.4 Å². The van der Waals surface area contributed by atoms with Gasteiger partial charge in [0.05, 0.1) is 28.8 Å². The highest BCUT2D eigenvalue weighted by Crippen LogP contribution is 2.30. The van der Waals surface area contributed by atoms with Crippen molar-refractivity contribution in [1.29, 1.82) is 0 Å². The van der Waals surface area contributed by atoms with Crippen LogP contribution in [0.1, 0.15) is 34.1 Å². The standard InChI is InChI=1S/C18H19ClN4O6S2/c1-10-12(16(19)23(22-10)11-5-7-31(27,28)9-11)2-3-15(25)29-8-14(24)21-18-13(17(20)26)4-6-30-18/h2-4,6,11H,5,7-9H2,1H3,(H2,20,26)(H,21,24)/b3-2+/t11-/m0/s1. The highest BCUT2D eigenvalue weighted by Gasteiger charge is 2.31. The van der Waals surface area contributed by atoms with Crippen LogP contribution < -0.4 is 11.1 Å². The summed E-state index contributed by atoms with van der Waals surface area (Å²) in [6.07, 6.45) is 2.92. The van der Waals surface area contributed by atoms with Gasteiger partial charge in [-0.15, -0.1) is 11.3 Å². The van der Waals surface area contributed by atoms with Crippen LogP contribution in [-0.2, 0) is 24.2 Å². The van der Waals surface area contributed by atoms with E-state index < -0.39 is 34.2 Å². The minimum absolute atomic E-state index is 0.0319. The number of primary amides is 1. The Bertz CT molecular complexity index is 1170. The molecule has 1 saturated heterocycles. The SMILES string of the molecule is Cc1nn([C@H]2CCS(=O)(=O)C2)c(Cl)c1/C=C/C(=O)OCC(=O)Nc1sccc1C(N)=O. The van der Waals surface area contributed by atoms with Gasteiger partial charge in [0, 0.05) is 11.6 Å². The van der Waals surface area contributed by atoms with Crippen molar-refractivity contribution in [3.8, 4) is 0 Å². The number of amides is 2. The normalized spacial score (nSPS) is 17.7. The van der Waals surface area contributed by atoms with Crippen molar-refractivity contribution in [3.63, 3.8) is 0 Å². The number of halogens is 1. The Morgan fingerprint density at radius 2 is 2.19 bits per heavy atom. The summed E-state index contributed by atoms with van der Waals surface area (Å²) < 4.78 is 29.7. The molecule has 13 heteroatoms. The van der Waals surface area contributed by atoms with Crippen molar-refractivity contribution in [3.05, 3.63) is 39.5 Å². The molecule has 0 aliphatic carbocycles. The first-order valence-electron chi connectivity index (χ1n) is 9.04. The third-order valence-electron chi connectivity index (χ3n) is 4.54. The van der Waals surface area contributed by atoms with Gasteiger partial charge < -0.3 is 15.8 Å². The predicted molar refractivity (Wildman–Crippen MR) is 116 cm³/mol. The van der Waals surface area contributed by atoms with Crippen molar-refractivity contribution >= 4 is 61.6 Å². The summed E-state index contributed by atoms with van der Waals surface area (Å²) in [5, 5.41) is 8.83. The molecule has 1 atom stereocenters. The molecule has 0 unspecified atom stereocenters. The fourth-order valence-corrected chi connectivity index (χ4v) is 5.91. The van der Waals surface area contributed by atoms with Crippen LogP contribution in [0.5, 0.6) is 0 Å². The maximum Gasteiger partial charge on any atom is 0.331 e. The number of thiophene rings is 1. The van der Waals surface area contributed by atoms with E-state index >= 15 is 0 Å². The predicted octanol–water partition coefficient (Wildman–Crippen LogP) is 1.56. The summed E-state index contributed by atoms with van der Waals surface area (Å²) >= 11 is 7.45. The molecular formula is C18H19ClN4O6S2. The lowest BCUT2D eigenvalue weighted by Gasteiger charge is -2.09. The fourth-order valence-electron chi connectivity index (χ4n) is 3.03. The fraction of sp³-hybridized carbons (Fsp3) is 0.333. The maximum atomic E-state index is 12.0. The molecule has 3 heterocycles. The molecule has 31 heavy (non-hydrogen) atoms. The Hall–Kier alpha value is -2.70. The van der Waals surface area contributed by atoms with E-state index in [1.165, 1.54) is 16.8 Å². The maximum absolute atomic E-state index is 12.0. The quantitative estimate of drug-likeness (QED) is 0.445. The lowest BCUT2D eigenvalue weighted by Crippen LogP contribution is -2.21. The van der Waals surface area contributed by atoms with E-state index in [0.717, 1.165) is 17.4 Å². The molecule has 0 radical (unpaired) electrons. The average molecular weight is 487 g/mol. The van der Waals surface area contributed by atoms with Gasteiger partial charge in [-0.3, -0.25) is 9.59 Å². The van der Waals surface area contributed by atoms with Gasteiger partial charge in [-0.25, -0.2) is 17.9 Å². The van der Waals surface area contributed by atoms with Crippen LogP contribution in [0.4, 0.5) is 5.00 Å². The second kappa shape index (κ2) is 9.20. The van der Waals surface area contributed by atoms with Crippen LogP contribution >= 0.6 is 22.9 Å². The summed E-state index contributed by atoms with van der Waals surface area (Å²) in [5.41, 5.74) is 6.35. The average Bonchev–Trinajstić information content (AvgIpc) is 3.36. The van der Waals surface area contributed by atoms with Crippen LogP contribution in [0.3, 0.4) is 0 Å². The van der Waals surface area contributed by atoms with Crippen LogP contribution in [0.2, 0.25) is 5.15 Å². The van der Waals surface area contributed by atoms with Gasteiger partial charge in [-0.05, 0) is 30.9 Å². The third-order valence-corrected chi connectivity index (χ3v) is 7.50. The Kier molecular flexibility index (Phi) is 6.82. The number of hydrogen-bond donors (Lipinski definition) is 2. The van der Waals surface area contributed by atoms with Gasteiger partial charge >= 0.3 is 5.97 Å². The summed E-state index contributed by atoms with van der Waals surface area (Å²) in [4.78, 5) is 35.2. The number of esters is 1. The molecule has 1 fully saturated rings. The lowest BCUT2D eigenvalue weighted by molar-refractivity contribution is -0.142. The van der Waals surface area contributed by atoms with Crippen LogP contribution in [0, 0.1) is 6.92 Å². The minimum atomic E-state index is -3.11. The summed E-state index contributed by atoms with van der Waals surface area (Å²) in [5.74, 6) is -2.05. The Labute approximate surface area is 186 Å². The van der Waals surface area contributed by atoms with E-state index in [9.17, 15) is 22.8 Å². The zero-order valence-corrected chi connectivity index (χ0v) is 18.7. The molecule has 0 aromatic carbocycles. The second-order valence-corrected chi connectivity index (χ2v) is 10.3. The number of sulfone groups is 1. The Morgan fingerprint density at radius 1 is 1.45 bits per heavy atom. The number of nitrogens with two attached hydrogens (primary N) is 1. The monoisotopic (exact) mass is 486 g/mol. The first kappa shape index (κ1) is 23.0. The van der Waals surface area contributed by atoms with Crippen LogP contribution in [-0.4, -0.2) is 54.1 Å². The van der Waals surface area contributed by atoms with Crippen molar-refractivity contribution in [1.82, 2.24) is 9.78 Å². The summed E-state index contributed by atoms with van der Waals surface area (Å²) in [6, 6.07) is 1.13. The topological polar surface area (TPSA) is 150 Å². The number of nitrogens with zero attached hydrogens (tertiary/aromatic N) is 2. The van der Waals surface area contributed by atoms with Crippen LogP contribution in [0.25, 0.3) is 6.08 Å². The molecule has 0 saturated carbocycles. The molecule has 0 spiro atoms. The summed E-state index contributed by atoms with van der Waals surface area (Å²) in [7, 11) is -3.11. The molecule has 3 rings (SSSR count). The number of aromatic nitrogens is 2. The minimum Gasteiger partial charge on any atom is -0.452 e. The Morgan fingerprint density at radius 3 is 2.84 bits per heavy atom. The number of aryl methyl sites for hydroxylation is 1. The zero-order valence-electron chi connectivity index (χ0n) is 16.3. The van der Waals surface area contributed by atoms with E-state index in [1.54, 1.807) is 12.3 Å². The second-order valence-electron chi connectivity index (χ2n) is 6.81. The lowest BCUT2D eigenvalue weighted by atomic mass is 10.2. The smallest absolute Gasteiger partial charge is 0.331 e. The van der Waals surface area contributed by atoms with Gasteiger partial charge in [-0.1, -0.05) is 11.6 Å². The van der Waals surface area contributed by atoms with Gasteiger partial charge in [0.2, 0.25) is 0 Å². The third kappa shape index (κ3) is 5.51. The van der Waals surface area contributed by atoms with Gasteiger partial charge in [0.25, 0.3) is 11.8 Å². The molecule has 2 aromatic heterocycles. The van der Waals surface area contributed by atoms with Crippen LogP contribution in [0.15, 0.2) is 17.5 Å². The summed E-state index contributed by atoms with van der Waals surface area (Å²) in [6.45, 7) is 1.12. The van der Waals surface area contributed by atoms with Crippen molar-refractivity contribution in [2.45, 2.75) is 19.4 Å². The van der Waals surface area contributed by atoms with Crippen molar-refractivity contribution in [2.24, 2.45) is 5.73 Å².